The highest BCUT2D eigenvalue weighted by atomic mass is 79.9. The van der Waals surface area contributed by atoms with Crippen LogP contribution in [0, 0.1) is 0 Å². The van der Waals surface area contributed by atoms with Crippen LogP contribution < -0.4 is 5.32 Å². The maximum atomic E-state index is 11.6. The maximum absolute atomic E-state index is 11.6. The van der Waals surface area contributed by atoms with E-state index in [2.05, 4.69) is 21.2 Å². The molecule has 0 aliphatic rings. The third kappa shape index (κ3) is 8.92. The Hall–Kier alpha value is -0.840. The van der Waals surface area contributed by atoms with Gasteiger partial charge in [0.1, 0.15) is 5.60 Å². The lowest BCUT2D eigenvalue weighted by Crippen LogP contribution is -2.37. The first-order chi connectivity index (χ1) is 7.78. The van der Waals surface area contributed by atoms with Gasteiger partial charge in [-0.1, -0.05) is 28.1 Å². The van der Waals surface area contributed by atoms with E-state index in [9.17, 15) is 9.59 Å². The van der Waals surface area contributed by atoms with Gasteiger partial charge in [0.2, 0.25) is 5.91 Å². The third-order valence-corrected chi connectivity index (χ3v) is 2.21. The quantitative estimate of drug-likeness (QED) is 0.481. The number of alkyl halides is 1. The summed E-state index contributed by atoms with van der Waals surface area (Å²) in [6.45, 7) is 7.27. The molecule has 0 saturated heterocycles. The Kier molecular flexibility index (Phi) is 7.11. The van der Waals surface area contributed by atoms with Crippen LogP contribution in [0.1, 0.15) is 34.1 Å². The first-order valence-corrected chi connectivity index (χ1v) is 6.60. The number of halogens is 1. The van der Waals surface area contributed by atoms with Gasteiger partial charge in [0.15, 0.2) is 0 Å². The minimum absolute atomic E-state index is 0.139. The van der Waals surface area contributed by atoms with Crippen molar-refractivity contribution in [1.82, 2.24) is 5.32 Å². The van der Waals surface area contributed by atoms with Gasteiger partial charge in [0.25, 0.3) is 0 Å². The highest BCUT2D eigenvalue weighted by Crippen LogP contribution is 2.09. The number of hydrogen-bond donors (Lipinski definition) is 1. The van der Waals surface area contributed by atoms with Gasteiger partial charge in [-0.15, -0.1) is 0 Å². The maximum Gasteiger partial charge on any atom is 0.308 e. The Morgan fingerprint density at radius 3 is 2.41 bits per heavy atom. The van der Waals surface area contributed by atoms with Crippen LogP contribution in [-0.2, 0) is 14.3 Å². The molecule has 0 radical (unpaired) electrons. The van der Waals surface area contributed by atoms with E-state index in [-0.39, 0.29) is 29.7 Å². The second-order valence-electron chi connectivity index (χ2n) is 4.62. The predicted molar refractivity (Wildman–Crippen MR) is 71.0 cm³/mol. The third-order valence-electron chi connectivity index (χ3n) is 1.70. The lowest BCUT2D eigenvalue weighted by atomic mass is 10.1. The summed E-state index contributed by atoms with van der Waals surface area (Å²) in [5.74, 6) is -0.480. The zero-order chi connectivity index (χ0) is 13.5. The van der Waals surface area contributed by atoms with Crippen molar-refractivity contribution in [3.63, 3.8) is 0 Å². The molecule has 0 aromatic rings. The Morgan fingerprint density at radius 2 is 2.00 bits per heavy atom. The molecule has 17 heavy (non-hydrogen) atoms. The van der Waals surface area contributed by atoms with Gasteiger partial charge in [0.05, 0.1) is 17.8 Å². The van der Waals surface area contributed by atoms with E-state index in [1.807, 2.05) is 27.7 Å². The molecular weight excluding hydrogens is 286 g/mol. The van der Waals surface area contributed by atoms with Crippen molar-refractivity contribution in [3.8, 4) is 0 Å². The van der Waals surface area contributed by atoms with Gasteiger partial charge < -0.3 is 10.1 Å². The van der Waals surface area contributed by atoms with E-state index in [1.54, 1.807) is 12.2 Å². The Morgan fingerprint density at radius 1 is 1.41 bits per heavy atom. The molecule has 0 aromatic heterocycles. The van der Waals surface area contributed by atoms with Crippen LogP contribution in [0.3, 0.4) is 0 Å². The Balaban J connectivity index is 4.35. The molecule has 0 aromatic carbocycles. The summed E-state index contributed by atoms with van der Waals surface area (Å²) in [6, 6.07) is -0.320. The summed E-state index contributed by atoms with van der Waals surface area (Å²) < 4.78 is 5.19. The minimum Gasteiger partial charge on any atom is -0.460 e. The van der Waals surface area contributed by atoms with Gasteiger partial charge in [0, 0.05) is 0 Å². The average molecular weight is 306 g/mol. The highest BCUT2D eigenvalue weighted by molar-refractivity contribution is 9.09. The lowest BCUT2D eigenvalue weighted by Gasteiger charge is -2.21. The smallest absolute Gasteiger partial charge is 0.308 e. The SMILES string of the molecule is CC=C[C@H](CC(=O)OC(C)(C)C)NC(=O)CBr. The number of rotatable bonds is 5. The largest absolute Gasteiger partial charge is 0.460 e. The first-order valence-electron chi connectivity index (χ1n) is 5.48. The average Bonchev–Trinajstić information content (AvgIpc) is 2.14. The van der Waals surface area contributed by atoms with Crippen molar-refractivity contribution in [2.45, 2.75) is 45.8 Å². The van der Waals surface area contributed by atoms with Crippen molar-refractivity contribution in [2.24, 2.45) is 0 Å². The zero-order valence-corrected chi connectivity index (χ0v) is 12.3. The number of ether oxygens (including phenoxy) is 1. The lowest BCUT2D eigenvalue weighted by molar-refractivity contribution is -0.155. The molecule has 0 saturated carbocycles. The fourth-order valence-corrected chi connectivity index (χ4v) is 1.37. The van der Waals surface area contributed by atoms with Crippen LogP contribution in [-0.4, -0.2) is 28.8 Å². The minimum atomic E-state index is -0.503. The first kappa shape index (κ1) is 16.2. The van der Waals surface area contributed by atoms with Crippen LogP contribution in [0.25, 0.3) is 0 Å². The van der Waals surface area contributed by atoms with Crippen molar-refractivity contribution in [3.05, 3.63) is 12.2 Å². The van der Waals surface area contributed by atoms with Crippen LogP contribution >= 0.6 is 15.9 Å². The van der Waals surface area contributed by atoms with Gasteiger partial charge in [-0.25, -0.2) is 0 Å². The van der Waals surface area contributed by atoms with Crippen molar-refractivity contribution in [1.29, 1.82) is 0 Å². The molecule has 0 aliphatic carbocycles. The van der Waals surface area contributed by atoms with E-state index in [1.165, 1.54) is 0 Å². The molecule has 1 N–H and O–H groups in total. The van der Waals surface area contributed by atoms with Gasteiger partial charge in [-0.05, 0) is 27.7 Å². The number of carbonyl (C=O) groups excluding carboxylic acids is 2. The van der Waals surface area contributed by atoms with Crippen LogP contribution in [0.15, 0.2) is 12.2 Å². The number of carbonyl (C=O) groups is 2. The van der Waals surface area contributed by atoms with Gasteiger partial charge in [-0.2, -0.15) is 0 Å². The summed E-state index contributed by atoms with van der Waals surface area (Å²) >= 11 is 3.06. The standard InChI is InChI=1S/C12H20BrNO3/c1-5-6-9(14-10(15)8-13)7-11(16)17-12(2,3)4/h5-6,9H,7-8H2,1-4H3,(H,14,15)/t9-/m1/s1. The molecule has 0 aliphatic heterocycles. The molecule has 1 atom stereocenters. The number of hydrogen-bond acceptors (Lipinski definition) is 3. The van der Waals surface area contributed by atoms with E-state index >= 15 is 0 Å². The molecular formula is C12H20BrNO3. The normalized spacial score (nSPS) is 13.5. The fraction of sp³-hybridized carbons (Fsp3) is 0.667. The van der Waals surface area contributed by atoms with E-state index < -0.39 is 5.60 Å². The second-order valence-corrected chi connectivity index (χ2v) is 5.18. The number of amides is 1. The van der Waals surface area contributed by atoms with Crippen LogP contribution in [0.5, 0.6) is 0 Å². The van der Waals surface area contributed by atoms with Gasteiger partial charge in [-0.3, -0.25) is 9.59 Å². The Labute approximate surface area is 111 Å². The fourth-order valence-electron chi connectivity index (χ4n) is 1.21. The monoisotopic (exact) mass is 305 g/mol. The van der Waals surface area contributed by atoms with Crippen molar-refractivity contribution in [2.75, 3.05) is 5.33 Å². The number of allylic oxidation sites excluding steroid dienone is 1. The number of nitrogens with one attached hydrogen (secondary N) is 1. The van der Waals surface area contributed by atoms with Crippen molar-refractivity contribution >= 4 is 27.8 Å². The summed E-state index contributed by atoms with van der Waals surface area (Å²) in [6.07, 6.45) is 3.70. The predicted octanol–water partition coefficient (Wildman–Crippen LogP) is 2.17. The number of esters is 1. The molecule has 0 bridgehead atoms. The van der Waals surface area contributed by atoms with Crippen molar-refractivity contribution < 1.29 is 14.3 Å². The second kappa shape index (κ2) is 7.48. The van der Waals surface area contributed by atoms with Gasteiger partial charge >= 0.3 is 5.97 Å². The topological polar surface area (TPSA) is 55.4 Å². The molecule has 4 nitrogen and oxygen atoms in total. The van der Waals surface area contributed by atoms with Crippen LogP contribution in [0.2, 0.25) is 0 Å². The van der Waals surface area contributed by atoms with E-state index in [0.29, 0.717) is 0 Å². The van der Waals surface area contributed by atoms with E-state index in [0.717, 1.165) is 0 Å². The summed E-state index contributed by atoms with van der Waals surface area (Å²) in [5.41, 5.74) is -0.503. The molecule has 5 heteroatoms. The van der Waals surface area contributed by atoms with E-state index in [4.69, 9.17) is 4.74 Å². The molecule has 1 amide bonds. The molecule has 0 fully saturated rings. The molecule has 98 valence electrons. The molecule has 0 spiro atoms. The zero-order valence-electron chi connectivity index (χ0n) is 10.7. The Bertz CT molecular complexity index is 295. The summed E-state index contributed by atoms with van der Waals surface area (Å²) in [5, 5.41) is 2.93. The molecule has 0 rings (SSSR count). The summed E-state index contributed by atoms with van der Waals surface area (Å²) in [7, 11) is 0. The van der Waals surface area contributed by atoms with Crippen LogP contribution in [0.4, 0.5) is 0 Å². The highest BCUT2D eigenvalue weighted by Gasteiger charge is 2.19. The molecule has 0 heterocycles. The summed E-state index contributed by atoms with van der Waals surface area (Å²) in [4.78, 5) is 22.8. The molecule has 0 unspecified atom stereocenters.